The normalized spacial score (nSPS) is 12.2. The van der Waals surface area contributed by atoms with E-state index in [0.29, 0.717) is 18.9 Å². The summed E-state index contributed by atoms with van der Waals surface area (Å²) in [5.41, 5.74) is 0. The smallest absolute Gasteiger partial charge is 0.305 e. The quantitative estimate of drug-likeness (QED) is 0.0712. The predicted octanol–water partition coefficient (Wildman–Crippen LogP) is 12.1. The molecule has 0 rings (SSSR count). The van der Waals surface area contributed by atoms with E-state index in [1.807, 2.05) is 0 Å². The Balaban J connectivity index is 3.58. The predicted molar refractivity (Wildman–Crippen MR) is 161 cm³/mol. The highest BCUT2D eigenvalue weighted by Gasteiger charge is 2.12. The Kier molecular flexibility index (Phi) is 30.2. The molecule has 0 N–H and O–H groups in total. The molecule has 36 heavy (non-hydrogen) atoms. The lowest BCUT2D eigenvalue weighted by Crippen LogP contribution is -2.14. The van der Waals surface area contributed by atoms with E-state index >= 15 is 0 Å². The zero-order valence-corrected chi connectivity index (χ0v) is 25.4. The zero-order valence-electron chi connectivity index (χ0n) is 25.4. The van der Waals surface area contributed by atoms with Gasteiger partial charge in [-0.1, -0.05) is 175 Å². The van der Waals surface area contributed by atoms with Crippen LogP contribution in [0.4, 0.5) is 0 Å². The van der Waals surface area contributed by atoms with Crippen LogP contribution >= 0.6 is 0 Å². The molecule has 0 radical (unpaired) electrons. The van der Waals surface area contributed by atoms with E-state index in [1.54, 1.807) is 0 Å². The van der Waals surface area contributed by atoms with Gasteiger partial charge >= 0.3 is 5.97 Å². The minimum atomic E-state index is 0.0452. The fourth-order valence-electron chi connectivity index (χ4n) is 5.31. The van der Waals surface area contributed by atoms with Gasteiger partial charge in [0.15, 0.2) is 0 Å². The summed E-state index contributed by atoms with van der Waals surface area (Å²) in [6.07, 6.45) is 36.9. The fraction of sp³-hybridized carbons (Fsp3) is 0.971. The van der Waals surface area contributed by atoms with Crippen LogP contribution in [0.2, 0.25) is 0 Å². The third kappa shape index (κ3) is 28.0. The van der Waals surface area contributed by atoms with Crippen molar-refractivity contribution in [1.29, 1.82) is 0 Å². The minimum Gasteiger partial charge on any atom is -0.465 e. The SMILES string of the molecule is CCCCCCCCCCCCCCCCCCC(=O)OCC(CCCCC)CCCCCCCC. The number of ether oxygens (including phenoxy) is 1. The topological polar surface area (TPSA) is 26.3 Å². The van der Waals surface area contributed by atoms with Gasteiger partial charge in [0.1, 0.15) is 0 Å². The summed E-state index contributed by atoms with van der Waals surface area (Å²) in [5, 5.41) is 0. The lowest BCUT2D eigenvalue weighted by molar-refractivity contribution is -0.145. The first-order chi connectivity index (χ1) is 17.7. The highest BCUT2D eigenvalue weighted by molar-refractivity contribution is 5.69. The zero-order chi connectivity index (χ0) is 26.4. The molecule has 1 unspecified atom stereocenters. The van der Waals surface area contributed by atoms with Crippen molar-refractivity contribution in [3.05, 3.63) is 0 Å². The van der Waals surface area contributed by atoms with Crippen molar-refractivity contribution in [2.45, 2.75) is 201 Å². The molecule has 0 saturated heterocycles. The van der Waals surface area contributed by atoms with E-state index in [4.69, 9.17) is 4.74 Å². The summed E-state index contributed by atoms with van der Waals surface area (Å²) < 4.78 is 5.72. The van der Waals surface area contributed by atoms with Crippen LogP contribution in [0.3, 0.4) is 0 Å². The second kappa shape index (κ2) is 30.7. The van der Waals surface area contributed by atoms with Gasteiger partial charge in [-0.25, -0.2) is 0 Å². The Morgan fingerprint density at radius 2 is 0.750 bits per heavy atom. The summed E-state index contributed by atoms with van der Waals surface area (Å²) >= 11 is 0. The van der Waals surface area contributed by atoms with Crippen LogP contribution in [0.25, 0.3) is 0 Å². The summed E-state index contributed by atoms with van der Waals surface area (Å²) in [7, 11) is 0. The van der Waals surface area contributed by atoms with Crippen LogP contribution in [-0.2, 0) is 9.53 Å². The summed E-state index contributed by atoms with van der Waals surface area (Å²) in [5.74, 6) is 0.626. The van der Waals surface area contributed by atoms with Crippen molar-refractivity contribution in [1.82, 2.24) is 0 Å². The Morgan fingerprint density at radius 1 is 0.444 bits per heavy atom. The van der Waals surface area contributed by atoms with Crippen molar-refractivity contribution in [3.63, 3.8) is 0 Å². The monoisotopic (exact) mass is 509 g/mol. The first kappa shape index (κ1) is 35.5. The molecule has 0 saturated carbocycles. The van der Waals surface area contributed by atoms with E-state index in [9.17, 15) is 4.79 Å². The van der Waals surface area contributed by atoms with Crippen LogP contribution in [0.5, 0.6) is 0 Å². The van der Waals surface area contributed by atoms with Crippen LogP contribution in [0.1, 0.15) is 201 Å². The minimum absolute atomic E-state index is 0.0452. The molecule has 0 amide bonds. The van der Waals surface area contributed by atoms with Gasteiger partial charge in [-0.2, -0.15) is 0 Å². The maximum absolute atomic E-state index is 12.3. The van der Waals surface area contributed by atoms with Gasteiger partial charge in [-0.3, -0.25) is 4.79 Å². The van der Waals surface area contributed by atoms with E-state index in [2.05, 4.69) is 20.8 Å². The molecule has 0 aromatic heterocycles. The molecular formula is C34H68O2. The van der Waals surface area contributed by atoms with Crippen molar-refractivity contribution in [2.24, 2.45) is 5.92 Å². The number of hydrogen-bond acceptors (Lipinski definition) is 2. The van der Waals surface area contributed by atoms with E-state index in [-0.39, 0.29) is 5.97 Å². The van der Waals surface area contributed by atoms with Crippen molar-refractivity contribution >= 4 is 5.97 Å². The molecule has 0 aromatic carbocycles. The van der Waals surface area contributed by atoms with Crippen LogP contribution in [-0.4, -0.2) is 12.6 Å². The van der Waals surface area contributed by atoms with Gasteiger partial charge in [0, 0.05) is 6.42 Å². The first-order valence-corrected chi connectivity index (χ1v) is 16.9. The summed E-state index contributed by atoms with van der Waals surface area (Å²) in [6, 6.07) is 0. The third-order valence-electron chi connectivity index (χ3n) is 7.90. The number of esters is 1. The van der Waals surface area contributed by atoms with E-state index in [1.165, 1.54) is 167 Å². The molecule has 0 aliphatic carbocycles. The van der Waals surface area contributed by atoms with Crippen LogP contribution < -0.4 is 0 Å². The molecule has 0 fully saturated rings. The maximum Gasteiger partial charge on any atom is 0.305 e. The van der Waals surface area contributed by atoms with Gasteiger partial charge in [0.25, 0.3) is 0 Å². The second-order valence-corrected chi connectivity index (χ2v) is 11.7. The van der Waals surface area contributed by atoms with E-state index in [0.717, 1.165) is 6.42 Å². The molecule has 0 spiro atoms. The van der Waals surface area contributed by atoms with Gasteiger partial charge in [-0.05, 0) is 25.2 Å². The number of hydrogen-bond donors (Lipinski definition) is 0. The largest absolute Gasteiger partial charge is 0.465 e. The standard InChI is InChI=1S/C34H68O2/c1-4-7-10-12-14-15-16-17-18-19-20-21-22-23-25-28-31-34(35)36-32-33(29-26-9-6-3)30-27-24-13-11-8-5-2/h33H,4-32H2,1-3H3. The molecule has 2 nitrogen and oxygen atoms in total. The van der Waals surface area contributed by atoms with Gasteiger partial charge < -0.3 is 4.74 Å². The van der Waals surface area contributed by atoms with Crippen molar-refractivity contribution in [2.75, 3.05) is 6.61 Å². The van der Waals surface area contributed by atoms with Gasteiger partial charge in [0.2, 0.25) is 0 Å². The highest BCUT2D eigenvalue weighted by atomic mass is 16.5. The first-order valence-electron chi connectivity index (χ1n) is 16.9. The average molecular weight is 509 g/mol. The second-order valence-electron chi connectivity index (χ2n) is 11.7. The molecular weight excluding hydrogens is 440 g/mol. The molecule has 0 heterocycles. The number of carbonyl (C=O) groups excluding carboxylic acids is 1. The number of carbonyl (C=O) groups is 1. The Labute approximate surface area is 228 Å². The summed E-state index contributed by atoms with van der Waals surface area (Å²) in [6.45, 7) is 7.49. The summed E-state index contributed by atoms with van der Waals surface area (Å²) in [4.78, 5) is 12.3. The van der Waals surface area contributed by atoms with E-state index < -0.39 is 0 Å². The molecule has 0 aliphatic rings. The fourth-order valence-corrected chi connectivity index (χ4v) is 5.31. The highest BCUT2D eigenvalue weighted by Crippen LogP contribution is 2.20. The van der Waals surface area contributed by atoms with Gasteiger partial charge in [0.05, 0.1) is 6.61 Å². The Hall–Kier alpha value is -0.530. The third-order valence-corrected chi connectivity index (χ3v) is 7.90. The Morgan fingerprint density at radius 3 is 1.17 bits per heavy atom. The van der Waals surface area contributed by atoms with Crippen LogP contribution in [0, 0.1) is 5.92 Å². The molecule has 1 atom stereocenters. The van der Waals surface area contributed by atoms with Gasteiger partial charge in [-0.15, -0.1) is 0 Å². The lowest BCUT2D eigenvalue weighted by atomic mass is 9.95. The molecule has 0 bridgehead atoms. The Bertz CT molecular complexity index is 419. The maximum atomic E-state index is 12.3. The number of rotatable bonds is 30. The molecule has 2 heteroatoms. The molecule has 0 aromatic rings. The lowest BCUT2D eigenvalue weighted by Gasteiger charge is -2.17. The van der Waals surface area contributed by atoms with Crippen molar-refractivity contribution in [3.8, 4) is 0 Å². The molecule has 0 aliphatic heterocycles. The van der Waals surface area contributed by atoms with Crippen LogP contribution in [0.15, 0.2) is 0 Å². The number of unbranched alkanes of at least 4 members (excludes halogenated alkanes) is 22. The van der Waals surface area contributed by atoms with Crippen molar-refractivity contribution < 1.29 is 9.53 Å². The molecule has 216 valence electrons. The average Bonchev–Trinajstić information content (AvgIpc) is 2.88.